The lowest BCUT2D eigenvalue weighted by Gasteiger charge is -2.39. The van der Waals surface area contributed by atoms with Gasteiger partial charge in [0.2, 0.25) is 0 Å². The number of nitriles is 1. The zero-order valence-electron chi connectivity index (χ0n) is 22.6. The Morgan fingerprint density at radius 2 is 1.95 bits per heavy atom. The van der Waals surface area contributed by atoms with Crippen LogP contribution in [0.4, 0.5) is 15.0 Å². The number of aromatic nitrogens is 4. The maximum absolute atomic E-state index is 15.0. The van der Waals surface area contributed by atoms with Gasteiger partial charge in [-0.25, -0.2) is 23.5 Å². The molecule has 1 aliphatic rings. The van der Waals surface area contributed by atoms with Gasteiger partial charge in [0.15, 0.2) is 5.65 Å². The molecule has 1 atom stereocenters. The quantitative estimate of drug-likeness (QED) is 0.401. The number of halogens is 1. The van der Waals surface area contributed by atoms with E-state index in [1.165, 1.54) is 21.6 Å². The lowest BCUT2D eigenvalue weighted by Crippen LogP contribution is -2.54. The van der Waals surface area contributed by atoms with Crippen LogP contribution in [0, 0.1) is 24.1 Å². The van der Waals surface area contributed by atoms with Crippen LogP contribution in [0.3, 0.4) is 0 Å². The predicted octanol–water partition coefficient (Wildman–Crippen LogP) is 4.47. The number of piperazine rings is 1. The van der Waals surface area contributed by atoms with E-state index in [1.807, 2.05) is 32.6 Å². The molecular formula is C29H28FN7O3. The number of nitrogens with zero attached hydrogens (tertiary/aromatic N) is 7. The van der Waals surface area contributed by atoms with Crippen LogP contribution >= 0.6 is 0 Å². The summed E-state index contributed by atoms with van der Waals surface area (Å²) in [6.07, 6.45) is 0.662. The van der Waals surface area contributed by atoms with Crippen LogP contribution in [0.25, 0.3) is 28.0 Å². The van der Waals surface area contributed by atoms with E-state index in [1.54, 1.807) is 30.5 Å². The second kappa shape index (κ2) is 10.4. The number of carbonyl (C=O) groups is 1. The molecule has 0 unspecified atom stereocenters. The highest BCUT2D eigenvalue weighted by Gasteiger charge is 2.31. The number of hydrogen-bond acceptors (Lipinski definition) is 7. The van der Waals surface area contributed by atoms with Crippen LogP contribution < -0.4 is 10.6 Å². The third kappa shape index (κ3) is 4.51. The molecule has 1 N–H and O–H groups in total. The molecule has 204 valence electrons. The fourth-order valence-corrected chi connectivity index (χ4v) is 5.23. The SMILES string of the molecule is Cc1ccnc(C(C)C)c1-n1c(=O)nc(N2CCN(C(=O)O)C[C@@H]2C)c2cc(C#N)c(-c3ccccc3F)nc21. The van der Waals surface area contributed by atoms with Gasteiger partial charge in [0.1, 0.15) is 17.7 Å². The summed E-state index contributed by atoms with van der Waals surface area (Å²) in [5.41, 5.74) is 1.94. The zero-order valence-corrected chi connectivity index (χ0v) is 22.6. The first-order valence-electron chi connectivity index (χ1n) is 13.0. The molecule has 1 aromatic carbocycles. The van der Waals surface area contributed by atoms with Crippen molar-refractivity contribution in [3.05, 3.63) is 75.7 Å². The van der Waals surface area contributed by atoms with E-state index in [4.69, 9.17) is 4.98 Å². The summed E-state index contributed by atoms with van der Waals surface area (Å²) in [5.74, 6) is -0.288. The Morgan fingerprint density at radius 1 is 1.20 bits per heavy atom. The fourth-order valence-electron chi connectivity index (χ4n) is 5.23. The highest BCUT2D eigenvalue weighted by molar-refractivity contribution is 5.92. The normalized spacial score (nSPS) is 15.5. The smallest absolute Gasteiger partial charge is 0.407 e. The first-order valence-corrected chi connectivity index (χ1v) is 13.0. The Morgan fingerprint density at radius 3 is 2.60 bits per heavy atom. The van der Waals surface area contributed by atoms with E-state index in [9.17, 15) is 24.3 Å². The third-order valence-electron chi connectivity index (χ3n) is 7.19. The van der Waals surface area contributed by atoms with Gasteiger partial charge >= 0.3 is 11.8 Å². The van der Waals surface area contributed by atoms with Crippen LogP contribution in [-0.2, 0) is 0 Å². The van der Waals surface area contributed by atoms with Gasteiger partial charge in [-0.05, 0) is 49.6 Å². The van der Waals surface area contributed by atoms with E-state index in [2.05, 4.69) is 16.0 Å². The molecule has 0 radical (unpaired) electrons. The molecule has 1 amide bonds. The van der Waals surface area contributed by atoms with Gasteiger partial charge in [-0.2, -0.15) is 10.2 Å². The van der Waals surface area contributed by atoms with Crippen LogP contribution in [-0.4, -0.2) is 61.3 Å². The first-order chi connectivity index (χ1) is 19.1. The second-order valence-electron chi connectivity index (χ2n) is 10.2. The van der Waals surface area contributed by atoms with Gasteiger partial charge in [0.25, 0.3) is 0 Å². The lowest BCUT2D eigenvalue weighted by molar-refractivity contribution is 0.136. The van der Waals surface area contributed by atoms with E-state index in [0.29, 0.717) is 29.1 Å². The fraction of sp³-hybridized carbons (Fsp3) is 0.310. The van der Waals surface area contributed by atoms with Crippen LogP contribution in [0.2, 0.25) is 0 Å². The standard InChI is InChI=1S/C29H28FN7O3/c1-16(2)23-25(17(3)9-10-32-23)37-27-21(13-19(14-31)24(33-27)20-7-5-6-8-22(20)30)26(34-28(37)38)36-12-11-35(29(39)40)15-18(36)4/h5-10,13,16,18H,11-12,15H2,1-4H3,(H,39,40)/t18-/m0/s1. The maximum Gasteiger partial charge on any atom is 0.407 e. The molecule has 1 saturated heterocycles. The molecule has 1 aliphatic heterocycles. The minimum atomic E-state index is -1.02. The number of amides is 1. The van der Waals surface area contributed by atoms with Crippen molar-refractivity contribution >= 4 is 22.9 Å². The van der Waals surface area contributed by atoms with Gasteiger partial charge in [-0.3, -0.25) is 4.98 Å². The molecule has 5 rings (SSSR count). The molecule has 0 saturated carbocycles. The van der Waals surface area contributed by atoms with Crippen molar-refractivity contribution in [2.24, 2.45) is 0 Å². The molecule has 0 aliphatic carbocycles. The lowest BCUT2D eigenvalue weighted by atomic mass is 10.0. The first kappa shape index (κ1) is 26.7. The van der Waals surface area contributed by atoms with Gasteiger partial charge in [-0.1, -0.05) is 26.0 Å². The monoisotopic (exact) mass is 541 g/mol. The maximum atomic E-state index is 15.0. The van der Waals surface area contributed by atoms with Crippen molar-refractivity contribution in [3.63, 3.8) is 0 Å². The van der Waals surface area contributed by atoms with Crippen LogP contribution in [0.1, 0.15) is 43.5 Å². The number of fused-ring (bicyclic) bond motifs is 1. The minimum Gasteiger partial charge on any atom is -0.465 e. The number of anilines is 1. The number of hydrogen-bond donors (Lipinski definition) is 1. The number of carboxylic acid groups (broad SMARTS) is 1. The molecular weight excluding hydrogens is 513 g/mol. The number of aryl methyl sites for hydroxylation is 1. The average Bonchev–Trinajstić information content (AvgIpc) is 2.92. The van der Waals surface area contributed by atoms with Crippen LogP contribution in [0.5, 0.6) is 0 Å². The number of rotatable bonds is 4. The Kier molecular flexibility index (Phi) is 6.94. The minimum absolute atomic E-state index is 0.0370. The van der Waals surface area contributed by atoms with Crippen molar-refractivity contribution in [3.8, 4) is 23.0 Å². The van der Waals surface area contributed by atoms with E-state index < -0.39 is 17.6 Å². The van der Waals surface area contributed by atoms with Crippen molar-refractivity contribution in [1.29, 1.82) is 5.26 Å². The van der Waals surface area contributed by atoms with Gasteiger partial charge in [0.05, 0.1) is 28.0 Å². The summed E-state index contributed by atoms with van der Waals surface area (Å²) in [4.78, 5) is 42.4. The Hall–Kier alpha value is -4.85. The topological polar surface area (TPSA) is 128 Å². The van der Waals surface area contributed by atoms with Crippen molar-refractivity contribution in [2.45, 2.75) is 39.7 Å². The molecule has 4 aromatic rings. The molecule has 0 bridgehead atoms. The molecule has 4 heterocycles. The summed E-state index contributed by atoms with van der Waals surface area (Å²) in [6, 6.07) is 11.2. The van der Waals surface area contributed by atoms with E-state index in [-0.39, 0.29) is 47.5 Å². The molecule has 3 aromatic heterocycles. The number of benzene rings is 1. The van der Waals surface area contributed by atoms with Gasteiger partial charge < -0.3 is 14.9 Å². The summed E-state index contributed by atoms with van der Waals surface area (Å²) in [7, 11) is 0. The Balaban J connectivity index is 1.87. The summed E-state index contributed by atoms with van der Waals surface area (Å²) in [6.45, 7) is 8.38. The summed E-state index contributed by atoms with van der Waals surface area (Å²) >= 11 is 0. The Bertz CT molecular complexity index is 1740. The second-order valence-corrected chi connectivity index (χ2v) is 10.2. The van der Waals surface area contributed by atoms with Crippen molar-refractivity contribution in [2.75, 3.05) is 24.5 Å². The number of pyridine rings is 2. The Labute approximate surface area is 230 Å². The molecule has 10 nitrogen and oxygen atoms in total. The van der Waals surface area contributed by atoms with Gasteiger partial charge in [-0.15, -0.1) is 0 Å². The predicted molar refractivity (Wildman–Crippen MR) is 148 cm³/mol. The molecule has 40 heavy (non-hydrogen) atoms. The molecule has 11 heteroatoms. The summed E-state index contributed by atoms with van der Waals surface area (Å²) < 4.78 is 16.3. The van der Waals surface area contributed by atoms with Gasteiger partial charge in [0, 0.05) is 37.4 Å². The van der Waals surface area contributed by atoms with Crippen molar-refractivity contribution in [1.82, 2.24) is 24.4 Å². The van der Waals surface area contributed by atoms with E-state index in [0.717, 1.165) is 5.56 Å². The highest BCUT2D eigenvalue weighted by atomic mass is 19.1. The third-order valence-corrected chi connectivity index (χ3v) is 7.19. The molecule has 1 fully saturated rings. The van der Waals surface area contributed by atoms with Crippen molar-refractivity contribution < 1.29 is 14.3 Å². The van der Waals surface area contributed by atoms with Crippen LogP contribution in [0.15, 0.2) is 47.4 Å². The average molecular weight is 542 g/mol. The largest absolute Gasteiger partial charge is 0.465 e. The van der Waals surface area contributed by atoms with E-state index >= 15 is 0 Å². The highest BCUT2D eigenvalue weighted by Crippen LogP contribution is 2.34. The molecule has 0 spiro atoms. The summed E-state index contributed by atoms with van der Waals surface area (Å²) in [5, 5.41) is 20.0. The zero-order chi connectivity index (χ0) is 28.7.